The number of hydrogen-bond acceptors (Lipinski definition) is 5. The quantitative estimate of drug-likeness (QED) is 0.574. The van der Waals surface area contributed by atoms with Gasteiger partial charge in [0.05, 0.1) is 5.56 Å². The smallest absolute Gasteiger partial charge is 0.339 e. The number of aromatic hydroxyl groups is 2. The van der Waals surface area contributed by atoms with Crippen LogP contribution < -0.4 is 0 Å². The molecule has 120 valence electrons. The zero-order valence-electron chi connectivity index (χ0n) is 11.5. The van der Waals surface area contributed by atoms with Gasteiger partial charge in [-0.1, -0.05) is 12.1 Å². The molecule has 0 aliphatic carbocycles. The lowest BCUT2D eigenvalue weighted by atomic mass is 10.1. The maximum atomic E-state index is 10.4. The summed E-state index contributed by atoms with van der Waals surface area (Å²) in [7, 11) is 0. The Labute approximate surface area is 129 Å². The number of rotatable bonds is 3. The van der Waals surface area contributed by atoms with Crippen molar-refractivity contribution in [3.05, 3.63) is 59.2 Å². The number of carbonyl (C=O) groups is 3. The standard InChI is InChI=1S/C8H6O5.C7H6O3/c9-6-2-1-4(7(10)11)3-5(6)8(12)13;8-6-4-2-1-3-5(6)7(9)10/h1-3,9H,(H,10,11)(H,12,13);1-4,8H,(H,9,10). The zero-order chi connectivity index (χ0) is 17.6. The van der Waals surface area contributed by atoms with Crippen LogP contribution in [0.1, 0.15) is 31.1 Å². The van der Waals surface area contributed by atoms with Gasteiger partial charge < -0.3 is 25.5 Å². The van der Waals surface area contributed by atoms with E-state index in [0.717, 1.165) is 18.2 Å². The van der Waals surface area contributed by atoms with E-state index >= 15 is 0 Å². The van der Waals surface area contributed by atoms with E-state index in [0.29, 0.717) is 0 Å². The average Bonchev–Trinajstić information content (AvgIpc) is 2.48. The molecule has 0 spiro atoms. The summed E-state index contributed by atoms with van der Waals surface area (Å²) < 4.78 is 0. The largest absolute Gasteiger partial charge is 0.507 e. The molecular formula is C15H12O8. The van der Waals surface area contributed by atoms with Crippen molar-refractivity contribution in [1.82, 2.24) is 0 Å². The van der Waals surface area contributed by atoms with Gasteiger partial charge in [-0.3, -0.25) is 0 Å². The predicted octanol–water partition coefficient (Wildman–Crippen LogP) is 1.88. The van der Waals surface area contributed by atoms with E-state index in [1.807, 2.05) is 0 Å². The number of carboxylic acids is 3. The van der Waals surface area contributed by atoms with Crippen LogP contribution in [0.4, 0.5) is 0 Å². The van der Waals surface area contributed by atoms with Crippen LogP contribution in [0.5, 0.6) is 11.5 Å². The summed E-state index contributed by atoms with van der Waals surface area (Å²) in [6.07, 6.45) is 0. The Bertz CT molecular complexity index is 751. The third-order valence-electron chi connectivity index (χ3n) is 2.61. The van der Waals surface area contributed by atoms with Crippen LogP contribution in [-0.4, -0.2) is 43.4 Å². The fraction of sp³-hybridized carbons (Fsp3) is 0. The first-order chi connectivity index (χ1) is 10.7. The molecule has 0 atom stereocenters. The topological polar surface area (TPSA) is 152 Å². The molecule has 0 saturated heterocycles. The second kappa shape index (κ2) is 7.46. The predicted molar refractivity (Wildman–Crippen MR) is 77.1 cm³/mol. The molecule has 0 radical (unpaired) electrons. The Hall–Kier alpha value is -3.55. The summed E-state index contributed by atoms with van der Waals surface area (Å²) in [6.45, 7) is 0. The van der Waals surface area contributed by atoms with E-state index in [4.69, 9.17) is 25.5 Å². The number of aromatic carboxylic acids is 3. The van der Waals surface area contributed by atoms with Crippen LogP contribution in [0.2, 0.25) is 0 Å². The van der Waals surface area contributed by atoms with Crippen LogP contribution in [0.15, 0.2) is 42.5 Å². The van der Waals surface area contributed by atoms with E-state index in [-0.39, 0.29) is 16.9 Å². The van der Waals surface area contributed by atoms with Crippen LogP contribution in [-0.2, 0) is 0 Å². The lowest BCUT2D eigenvalue weighted by molar-refractivity contribution is 0.0679. The SMILES string of the molecule is O=C(O)c1ccc(O)c(C(=O)O)c1.O=C(O)c1ccccc1O. The number of para-hydroxylation sites is 1. The molecule has 0 unspecified atom stereocenters. The molecule has 23 heavy (non-hydrogen) atoms. The summed E-state index contributed by atoms with van der Waals surface area (Å²) in [5, 5.41) is 43.3. The first-order valence-corrected chi connectivity index (χ1v) is 6.05. The van der Waals surface area contributed by atoms with Gasteiger partial charge in [-0.25, -0.2) is 14.4 Å². The minimum atomic E-state index is -1.36. The minimum Gasteiger partial charge on any atom is -0.507 e. The van der Waals surface area contributed by atoms with Gasteiger partial charge in [-0.15, -0.1) is 0 Å². The molecule has 2 aromatic carbocycles. The van der Waals surface area contributed by atoms with Crippen molar-refractivity contribution in [3.8, 4) is 11.5 Å². The van der Waals surface area contributed by atoms with Crippen LogP contribution in [0.3, 0.4) is 0 Å². The molecule has 0 aliphatic rings. The Kier molecular flexibility index (Phi) is 5.67. The van der Waals surface area contributed by atoms with Gasteiger partial charge in [0.2, 0.25) is 0 Å². The van der Waals surface area contributed by atoms with Gasteiger partial charge in [0.15, 0.2) is 0 Å². The summed E-state index contributed by atoms with van der Waals surface area (Å²) in [5.74, 6) is -4.35. The highest BCUT2D eigenvalue weighted by atomic mass is 16.4. The Morgan fingerprint density at radius 1 is 0.652 bits per heavy atom. The molecule has 0 saturated carbocycles. The van der Waals surface area contributed by atoms with E-state index in [9.17, 15) is 14.4 Å². The maximum absolute atomic E-state index is 10.4. The Morgan fingerprint density at radius 3 is 1.61 bits per heavy atom. The molecule has 5 N–H and O–H groups in total. The normalized spacial score (nSPS) is 9.39. The van der Waals surface area contributed by atoms with Gasteiger partial charge >= 0.3 is 17.9 Å². The molecule has 0 fully saturated rings. The lowest BCUT2D eigenvalue weighted by Crippen LogP contribution is -2.02. The van der Waals surface area contributed by atoms with Crippen molar-refractivity contribution in [2.75, 3.05) is 0 Å². The van der Waals surface area contributed by atoms with Gasteiger partial charge in [0.25, 0.3) is 0 Å². The summed E-state index contributed by atoms with van der Waals surface area (Å²) in [5.41, 5.74) is -0.655. The zero-order valence-corrected chi connectivity index (χ0v) is 11.5. The summed E-state index contributed by atoms with van der Waals surface area (Å²) >= 11 is 0. The van der Waals surface area contributed by atoms with Crippen molar-refractivity contribution in [1.29, 1.82) is 0 Å². The first-order valence-electron chi connectivity index (χ1n) is 6.05. The van der Waals surface area contributed by atoms with Crippen LogP contribution >= 0.6 is 0 Å². The van der Waals surface area contributed by atoms with Gasteiger partial charge in [0, 0.05) is 0 Å². The molecule has 0 bridgehead atoms. The molecule has 0 amide bonds. The first kappa shape index (κ1) is 17.5. The minimum absolute atomic E-state index is 0.0671. The summed E-state index contributed by atoms with van der Waals surface area (Å²) in [6, 6.07) is 8.88. The molecule has 2 aromatic rings. The third-order valence-corrected chi connectivity index (χ3v) is 2.61. The fourth-order valence-corrected chi connectivity index (χ4v) is 1.49. The van der Waals surface area contributed by atoms with E-state index in [2.05, 4.69) is 0 Å². The van der Waals surface area contributed by atoms with Crippen molar-refractivity contribution in [2.45, 2.75) is 0 Å². The van der Waals surface area contributed by atoms with Crippen molar-refractivity contribution in [3.63, 3.8) is 0 Å². The van der Waals surface area contributed by atoms with Crippen molar-refractivity contribution >= 4 is 17.9 Å². The number of hydrogen-bond donors (Lipinski definition) is 5. The van der Waals surface area contributed by atoms with Gasteiger partial charge in [-0.05, 0) is 30.3 Å². The third kappa shape index (κ3) is 4.74. The van der Waals surface area contributed by atoms with E-state index < -0.39 is 29.2 Å². The number of phenols is 2. The molecule has 0 aliphatic heterocycles. The number of carboxylic acid groups (broad SMARTS) is 3. The highest BCUT2D eigenvalue weighted by molar-refractivity contribution is 5.95. The molecule has 0 aromatic heterocycles. The van der Waals surface area contributed by atoms with Gasteiger partial charge in [0.1, 0.15) is 22.6 Å². The monoisotopic (exact) mass is 320 g/mol. The average molecular weight is 320 g/mol. The van der Waals surface area contributed by atoms with Crippen LogP contribution in [0, 0.1) is 0 Å². The molecule has 2 rings (SSSR count). The van der Waals surface area contributed by atoms with Crippen molar-refractivity contribution in [2.24, 2.45) is 0 Å². The fourth-order valence-electron chi connectivity index (χ4n) is 1.49. The number of benzene rings is 2. The summed E-state index contributed by atoms with van der Waals surface area (Å²) in [4.78, 5) is 31.1. The highest BCUT2D eigenvalue weighted by Gasteiger charge is 2.12. The van der Waals surface area contributed by atoms with Crippen LogP contribution in [0.25, 0.3) is 0 Å². The second-order valence-electron chi connectivity index (χ2n) is 4.16. The Morgan fingerprint density at radius 2 is 1.17 bits per heavy atom. The lowest BCUT2D eigenvalue weighted by Gasteiger charge is -1.99. The molecule has 8 heteroatoms. The van der Waals surface area contributed by atoms with E-state index in [1.54, 1.807) is 12.1 Å². The van der Waals surface area contributed by atoms with Crippen molar-refractivity contribution < 1.29 is 39.9 Å². The molecule has 0 heterocycles. The van der Waals surface area contributed by atoms with E-state index in [1.165, 1.54) is 12.1 Å². The molecular weight excluding hydrogens is 308 g/mol. The van der Waals surface area contributed by atoms with Gasteiger partial charge in [-0.2, -0.15) is 0 Å². The Balaban J connectivity index is 0.000000238. The maximum Gasteiger partial charge on any atom is 0.339 e. The highest BCUT2D eigenvalue weighted by Crippen LogP contribution is 2.18. The second-order valence-corrected chi connectivity index (χ2v) is 4.16. The molecule has 8 nitrogen and oxygen atoms in total.